The zero-order valence-corrected chi connectivity index (χ0v) is 13.2. The number of rotatable bonds is 5. The van der Waals surface area contributed by atoms with Gasteiger partial charge in [0.2, 0.25) is 5.89 Å². The molecule has 3 heterocycles. The summed E-state index contributed by atoms with van der Waals surface area (Å²) < 4.78 is 5.35. The molecule has 2 aromatic heterocycles. The van der Waals surface area contributed by atoms with Crippen LogP contribution in [0, 0.1) is 0 Å². The first-order valence-corrected chi connectivity index (χ1v) is 7.79. The van der Waals surface area contributed by atoms with Crippen LogP contribution >= 0.6 is 0 Å². The van der Waals surface area contributed by atoms with E-state index in [9.17, 15) is 4.79 Å². The quantitative estimate of drug-likeness (QED) is 0.868. The van der Waals surface area contributed by atoms with E-state index in [0.29, 0.717) is 29.9 Å². The first-order valence-electron chi connectivity index (χ1n) is 7.79. The first-order chi connectivity index (χ1) is 11.1. The summed E-state index contributed by atoms with van der Waals surface area (Å²) in [6.07, 6.45) is 6.32. The molecule has 2 aromatic rings. The summed E-state index contributed by atoms with van der Waals surface area (Å²) in [6, 6.07) is 3.98. The molecule has 23 heavy (non-hydrogen) atoms. The van der Waals surface area contributed by atoms with Crippen molar-refractivity contribution in [2.75, 3.05) is 25.9 Å². The number of nitrogens with one attached hydrogen (secondary N) is 1. The van der Waals surface area contributed by atoms with Crippen molar-refractivity contribution in [1.29, 1.82) is 0 Å². The molecular weight excluding hydrogens is 294 g/mol. The Morgan fingerprint density at radius 2 is 2.39 bits per heavy atom. The molecule has 1 aliphatic heterocycles. The lowest BCUT2D eigenvalue weighted by Crippen LogP contribution is -2.31. The predicted molar refractivity (Wildman–Crippen MR) is 86.7 cm³/mol. The van der Waals surface area contributed by atoms with Crippen LogP contribution in [0.1, 0.15) is 29.8 Å². The Hall–Kier alpha value is -2.41. The van der Waals surface area contributed by atoms with Crippen LogP contribution in [0.5, 0.6) is 0 Å². The smallest absolute Gasteiger partial charge is 0.273 e. The fraction of sp³-hybridized carbons (Fsp3) is 0.438. The third-order valence-electron chi connectivity index (χ3n) is 4.20. The largest absolute Gasteiger partial charge is 0.444 e. The molecule has 1 fully saturated rings. The van der Waals surface area contributed by atoms with Crippen molar-refractivity contribution in [3.8, 4) is 11.5 Å². The summed E-state index contributed by atoms with van der Waals surface area (Å²) in [5, 5.41) is 2.90. The van der Waals surface area contributed by atoms with Gasteiger partial charge in [-0.3, -0.25) is 4.79 Å². The highest BCUT2D eigenvalue weighted by molar-refractivity contribution is 5.92. The fourth-order valence-corrected chi connectivity index (χ4v) is 2.83. The highest BCUT2D eigenvalue weighted by Crippen LogP contribution is 2.19. The number of nitrogens with two attached hydrogens (primary N) is 1. The van der Waals surface area contributed by atoms with Crippen LogP contribution in [0.2, 0.25) is 0 Å². The second-order valence-corrected chi connectivity index (χ2v) is 5.83. The molecule has 0 bridgehead atoms. The monoisotopic (exact) mass is 315 g/mol. The van der Waals surface area contributed by atoms with Crippen LogP contribution in [0.15, 0.2) is 29.0 Å². The van der Waals surface area contributed by atoms with Crippen molar-refractivity contribution < 1.29 is 9.21 Å². The average molecular weight is 315 g/mol. The molecule has 0 spiro atoms. The van der Waals surface area contributed by atoms with E-state index in [1.807, 2.05) is 0 Å². The van der Waals surface area contributed by atoms with E-state index >= 15 is 0 Å². The minimum atomic E-state index is -0.218. The van der Waals surface area contributed by atoms with Crippen LogP contribution in [0.3, 0.4) is 0 Å². The Balaban J connectivity index is 1.55. The van der Waals surface area contributed by atoms with Crippen molar-refractivity contribution in [3.05, 3.63) is 30.3 Å². The van der Waals surface area contributed by atoms with Gasteiger partial charge in [-0.2, -0.15) is 0 Å². The Bertz CT molecular complexity index is 667. The SMILES string of the molecule is CN1CCCC1CCNC(=O)c1coc(-c2ccc(N)nc2)n1. The molecule has 1 unspecified atom stereocenters. The average Bonchev–Trinajstić information content (AvgIpc) is 3.18. The zero-order chi connectivity index (χ0) is 16.2. The lowest BCUT2D eigenvalue weighted by atomic mass is 10.1. The van der Waals surface area contributed by atoms with Gasteiger partial charge in [0, 0.05) is 18.8 Å². The molecule has 122 valence electrons. The van der Waals surface area contributed by atoms with Gasteiger partial charge in [-0.15, -0.1) is 0 Å². The lowest BCUT2D eigenvalue weighted by Gasteiger charge is -2.18. The van der Waals surface area contributed by atoms with Gasteiger partial charge in [0.05, 0.1) is 5.56 Å². The maximum absolute atomic E-state index is 12.1. The van der Waals surface area contributed by atoms with Crippen LogP contribution < -0.4 is 11.1 Å². The van der Waals surface area contributed by atoms with Gasteiger partial charge < -0.3 is 20.4 Å². The lowest BCUT2D eigenvalue weighted by molar-refractivity contribution is 0.0945. The minimum absolute atomic E-state index is 0.218. The predicted octanol–water partition coefficient (Wildman–Crippen LogP) is 1.53. The van der Waals surface area contributed by atoms with Gasteiger partial charge in [-0.25, -0.2) is 9.97 Å². The van der Waals surface area contributed by atoms with E-state index in [1.165, 1.54) is 19.1 Å². The third kappa shape index (κ3) is 3.68. The molecule has 0 radical (unpaired) electrons. The zero-order valence-electron chi connectivity index (χ0n) is 13.2. The number of hydrogen-bond donors (Lipinski definition) is 2. The molecule has 3 rings (SSSR count). The summed E-state index contributed by atoms with van der Waals surface area (Å²) >= 11 is 0. The van der Waals surface area contributed by atoms with Gasteiger partial charge in [0.1, 0.15) is 12.1 Å². The highest BCUT2D eigenvalue weighted by atomic mass is 16.3. The topological polar surface area (TPSA) is 97.3 Å². The number of aromatic nitrogens is 2. The standard InChI is InChI=1S/C16H21N5O2/c1-21-8-2-3-12(21)6-7-18-15(22)13-10-23-16(20-13)11-4-5-14(17)19-9-11/h4-5,9-10,12H,2-3,6-8H2,1H3,(H2,17,19)(H,18,22). The number of oxazole rings is 1. The number of amides is 1. The molecule has 7 nitrogen and oxygen atoms in total. The molecule has 3 N–H and O–H groups in total. The summed E-state index contributed by atoms with van der Waals surface area (Å²) in [5.41, 5.74) is 6.51. The molecule has 1 aliphatic rings. The number of anilines is 1. The fourth-order valence-electron chi connectivity index (χ4n) is 2.83. The van der Waals surface area contributed by atoms with Gasteiger partial charge in [-0.05, 0) is 45.0 Å². The summed E-state index contributed by atoms with van der Waals surface area (Å²) in [4.78, 5) is 22.6. The van der Waals surface area contributed by atoms with E-state index in [0.717, 1.165) is 13.0 Å². The Morgan fingerprint density at radius 1 is 1.52 bits per heavy atom. The molecule has 0 saturated carbocycles. The van der Waals surface area contributed by atoms with Crippen molar-refractivity contribution in [2.24, 2.45) is 0 Å². The van der Waals surface area contributed by atoms with Gasteiger partial charge in [-0.1, -0.05) is 0 Å². The molecular formula is C16H21N5O2. The van der Waals surface area contributed by atoms with Crippen LogP contribution in [-0.4, -0.2) is 47.0 Å². The van der Waals surface area contributed by atoms with Crippen molar-refractivity contribution >= 4 is 11.7 Å². The Kier molecular flexibility index (Phi) is 4.57. The second kappa shape index (κ2) is 6.78. The minimum Gasteiger partial charge on any atom is -0.444 e. The number of carbonyl (C=O) groups excluding carboxylic acids is 1. The maximum Gasteiger partial charge on any atom is 0.273 e. The van der Waals surface area contributed by atoms with Gasteiger partial charge in [0.25, 0.3) is 5.91 Å². The van der Waals surface area contributed by atoms with Crippen molar-refractivity contribution in [1.82, 2.24) is 20.2 Å². The van der Waals surface area contributed by atoms with E-state index in [2.05, 4.69) is 27.2 Å². The molecule has 1 atom stereocenters. The van der Waals surface area contributed by atoms with Crippen molar-refractivity contribution in [2.45, 2.75) is 25.3 Å². The van der Waals surface area contributed by atoms with Crippen LogP contribution in [-0.2, 0) is 0 Å². The molecule has 0 aliphatic carbocycles. The second-order valence-electron chi connectivity index (χ2n) is 5.83. The summed E-state index contributed by atoms with van der Waals surface area (Å²) in [5.74, 6) is 0.567. The molecule has 1 amide bonds. The van der Waals surface area contributed by atoms with Crippen LogP contribution in [0.25, 0.3) is 11.5 Å². The Morgan fingerprint density at radius 3 is 3.09 bits per heavy atom. The number of carbonyl (C=O) groups is 1. The van der Waals surface area contributed by atoms with Gasteiger partial charge >= 0.3 is 0 Å². The van der Waals surface area contributed by atoms with E-state index in [-0.39, 0.29) is 11.6 Å². The maximum atomic E-state index is 12.1. The van der Waals surface area contributed by atoms with Crippen molar-refractivity contribution in [3.63, 3.8) is 0 Å². The van der Waals surface area contributed by atoms with Gasteiger partial charge in [0.15, 0.2) is 5.69 Å². The number of nitrogens with zero attached hydrogens (tertiary/aromatic N) is 3. The number of pyridine rings is 1. The van der Waals surface area contributed by atoms with E-state index in [1.54, 1.807) is 18.3 Å². The normalized spacial score (nSPS) is 18.2. The Labute approximate surface area is 134 Å². The van der Waals surface area contributed by atoms with E-state index < -0.39 is 0 Å². The van der Waals surface area contributed by atoms with E-state index in [4.69, 9.17) is 10.2 Å². The molecule has 0 aromatic carbocycles. The molecule has 7 heteroatoms. The first kappa shape index (κ1) is 15.5. The summed E-state index contributed by atoms with van der Waals surface area (Å²) in [6.45, 7) is 1.78. The molecule has 1 saturated heterocycles. The van der Waals surface area contributed by atoms with Crippen LogP contribution in [0.4, 0.5) is 5.82 Å². The highest BCUT2D eigenvalue weighted by Gasteiger charge is 2.21. The third-order valence-corrected chi connectivity index (χ3v) is 4.20. The summed E-state index contributed by atoms with van der Waals surface area (Å²) in [7, 11) is 2.13. The number of nitrogen functional groups attached to an aromatic ring is 1. The number of hydrogen-bond acceptors (Lipinski definition) is 6. The number of likely N-dealkylation sites (tertiary alicyclic amines) is 1.